The van der Waals surface area contributed by atoms with Crippen LogP contribution in [0.2, 0.25) is 0 Å². The molecule has 0 unspecified atom stereocenters. The molecule has 17 heavy (non-hydrogen) atoms. The summed E-state index contributed by atoms with van der Waals surface area (Å²) in [4.78, 5) is 11.5. The number of fused-ring (bicyclic) bond motifs is 1. The number of nitrogens with zero attached hydrogens (tertiary/aromatic N) is 4. The standard InChI is InChI=1S/C10H13N5O2/c1-10(2,3)17-9(16)11-7-4-5-15-8(6-7)12-13-14-15/h4-6H,1-3H3,(H,11,16). The summed E-state index contributed by atoms with van der Waals surface area (Å²) in [5.41, 5.74) is 0.616. The minimum absolute atomic E-state index is 0.505. The zero-order valence-electron chi connectivity index (χ0n) is 9.84. The molecule has 0 saturated heterocycles. The summed E-state index contributed by atoms with van der Waals surface area (Å²) in [5.74, 6) is 0. The van der Waals surface area contributed by atoms with Gasteiger partial charge in [0.05, 0.1) is 0 Å². The average molecular weight is 235 g/mol. The summed E-state index contributed by atoms with van der Waals surface area (Å²) in [6.07, 6.45) is 1.15. The predicted molar refractivity (Wildman–Crippen MR) is 60.6 cm³/mol. The number of carbonyl (C=O) groups excluding carboxylic acids is 1. The van der Waals surface area contributed by atoms with Gasteiger partial charge < -0.3 is 4.74 Å². The Morgan fingerprint density at radius 1 is 1.47 bits per heavy atom. The highest BCUT2D eigenvalue weighted by molar-refractivity contribution is 5.85. The average Bonchev–Trinajstić information content (AvgIpc) is 2.61. The Kier molecular flexibility index (Phi) is 2.66. The van der Waals surface area contributed by atoms with Crippen LogP contribution in [0, 0.1) is 0 Å². The van der Waals surface area contributed by atoms with Gasteiger partial charge in [-0.15, -0.1) is 5.10 Å². The van der Waals surface area contributed by atoms with Crippen LogP contribution in [0.4, 0.5) is 10.5 Å². The van der Waals surface area contributed by atoms with E-state index in [0.29, 0.717) is 11.3 Å². The van der Waals surface area contributed by atoms with Crippen molar-refractivity contribution in [2.45, 2.75) is 26.4 Å². The predicted octanol–water partition coefficient (Wildman–Crippen LogP) is 1.47. The molecular weight excluding hydrogens is 222 g/mol. The Morgan fingerprint density at radius 3 is 2.94 bits per heavy atom. The normalized spacial score (nSPS) is 11.5. The van der Waals surface area contributed by atoms with E-state index in [1.165, 1.54) is 4.52 Å². The minimum Gasteiger partial charge on any atom is -0.444 e. The van der Waals surface area contributed by atoms with Crippen molar-refractivity contribution < 1.29 is 9.53 Å². The van der Waals surface area contributed by atoms with Crippen molar-refractivity contribution in [2.75, 3.05) is 5.32 Å². The summed E-state index contributed by atoms with van der Waals surface area (Å²) in [6.45, 7) is 5.41. The van der Waals surface area contributed by atoms with Gasteiger partial charge in [-0.2, -0.15) is 0 Å². The Bertz CT molecular complexity index is 543. The molecule has 1 N–H and O–H groups in total. The fourth-order valence-corrected chi connectivity index (χ4v) is 1.24. The van der Waals surface area contributed by atoms with Gasteiger partial charge in [0.2, 0.25) is 0 Å². The second-order valence-corrected chi connectivity index (χ2v) is 4.52. The molecule has 0 fully saturated rings. The Morgan fingerprint density at radius 2 is 2.24 bits per heavy atom. The van der Waals surface area contributed by atoms with Crippen LogP contribution in [0.25, 0.3) is 5.65 Å². The van der Waals surface area contributed by atoms with Crippen molar-refractivity contribution in [3.8, 4) is 0 Å². The first-order chi connectivity index (χ1) is 7.94. The summed E-state index contributed by atoms with van der Waals surface area (Å²) >= 11 is 0. The highest BCUT2D eigenvalue weighted by Gasteiger charge is 2.16. The molecule has 1 amide bonds. The smallest absolute Gasteiger partial charge is 0.412 e. The van der Waals surface area contributed by atoms with Crippen LogP contribution >= 0.6 is 0 Å². The van der Waals surface area contributed by atoms with Crippen LogP contribution in [0.1, 0.15) is 20.8 Å². The zero-order chi connectivity index (χ0) is 12.5. The molecule has 2 aromatic rings. The van der Waals surface area contributed by atoms with E-state index in [4.69, 9.17) is 4.74 Å². The Labute approximate surface area is 97.8 Å². The van der Waals surface area contributed by atoms with Gasteiger partial charge in [-0.25, -0.2) is 9.31 Å². The highest BCUT2D eigenvalue weighted by atomic mass is 16.6. The molecule has 0 aliphatic heterocycles. The van der Waals surface area contributed by atoms with E-state index >= 15 is 0 Å². The number of rotatable bonds is 1. The highest BCUT2D eigenvalue weighted by Crippen LogP contribution is 2.12. The van der Waals surface area contributed by atoms with Gasteiger partial charge in [0.15, 0.2) is 5.65 Å². The summed E-state index contributed by atoms with van der Waals surface area (Å²) < 4.78 is 6.63. The lowest BCUT2D eigenvalue weighted by Gasteiger charge is -2.19. The van der Waals surface area contributed by atoms with Gasteiger partial charge in [-0.3, -0.25) is 5.32 Å². The summed E-state index contributed by atoms with van der Waals surface area (Å²) in [6, 6.07) is 3.34. The second kappa shape index (κ2) is 4.00. The molecule has 0 aliphatic rings. The monoisotopic (exact) mass is 235 g/mol. The molecule has 0 saturated carbocycles. The molecule has 0 atom stereocenters. The number of aromatic nitrogens is 4. The van der Waals surface area contributed by atoms with Crippen molar-refractivity contribution in [2.24, 2.45) is 0 Å². The van der Waals surface area contributed by atoms with E-state index in [1.807, 2.05) is 0 Å². The van der Waals surface area contributed by atoms with Gasteiger partial charge in [-0.05, 0) is 37.3 Å². The van der Waals surface area contributed by atoms with E-state index in [-0.39, 0.29) is 0 Å². The molecule has 7 nitrogen and oxygen atoms in total. The van der Waals surface area contributed by atoms with E-state index in [1.54, 1.807) is 39.1 Å². The fraction of sp³-hybridized carbons (Fsp3) is 0.400. The molecular formula is C10H13N5O2. The number of amides is 1. The van der Waals surface area contributed by atoms with Crippen LogP contribution in [0.5, 0.6) is 0 Å². The van der Waals surface area contributed by atoms with Crippen LogP contribution in [-0.2, 0) is 4.74 Å². The van der Waals surface area contributed by atoms with E-state index in [9.17, 15) is 4.79 Å². The molecule has 90 valence electrons. The van der Waals surface area contributed by atoms with Gasteiger partial charge in [0, 0.05) is 18.0 Å². The minimum atomic E-state index is -0.523. The van der Waals surface area contributed by atoms with E-state index in [2.05, 4.69) is 20.8 Å². The Hall–Kier alpha value is -2.18. The maximum Gasteiger partial charge on any atom is 0.412 e. The molecule has 0 bridgehead atoms. The first kappa shape index (κ1) is 11.3. The number of tetrazole rings is 1. The van der Waals surface area contributed by atoms with Crippen LogP contribution in [0.15, 0.2) is 18.3 Å². The van der Waals surface area contributed by atoms with Crippen LogP contribution in [-0.4, -0.2) is 31.7 Å². The third kappa shape index (κ3) is 2.90. The maximum atomic E-state index is 11.5. The molecule has 0 radical (unpaired) electrons. The second-order valence-electron chi connectivity index (χ2n) is 4.52. The van der Waals surface area contributed by atoms with Gasteiger partial charge >= 0.3 is 6.09 Å². The van der Waals surface area contributed by atoms with E-state index in [0.717, 1.165) is 0 Å². The number of hydrogen-bond donors (Lipinski definition) is 1. The summed E-state index contributed by atoms with van der Waals surface area (Å²) in [7, 11) is 0. The third-order valence-electron chi connectivity index (χ3n) is 1.84. The van der Waals surface area contributed by atoms with Crippen LogP contribution in [0.3, 0.4) is 0 Å². The van der Waals surface area contributed by atoms with Gasteiger partial charge in [-0.1, -0.05) is 0 Å². The SMILES string of the molecule is CC(C)(C)OC(=O)Nc1ccn2nnnc2c1. The first-order valence-electron chi connectivity index (χ1n) is 5.12. The zero-order valence-corrected chi connectivity index (χ0v) is 9.84. The summed E-state index contributed by atoms with van der Waals surface area (Å²) in [5, 5.41) is 13.6. The number of anilines is 1. The first-order valence-corrected chi connectivity index (χ1v) is 5.12. The van der Waals surface area contributed by atoms with Crippen molar-refractivity contribution in [3.05, 3.63) is 18.3 Å². The third-order valence-corrected chi connectivity index (χ3v) is 1.84. The molecule has 7 heteroatoms. The molecule has 2 rings (SSSR count). The number of pyridine rings is 1. The number of hydrogen-bond acceptors (Lipinski definition) is 5. The van der Waals surface area contributed by atoms with Gasteiger partial charge in [0.1, 0.15) is 5.60 Å². The quantitative estimate of drug-likeness (QED) is 0.809. The van der Waals surface area contributed by atoms with Crippen molar-refractivity contribution in [1.29, 1.82) is 0 Å². The van der Waals surface area contributed by atoms with Crippen LogP contribution < -0.4 is 5.32 Å². The lowest BCUT2D eigenvalue weighted by molar-refractivity contribution is 0.0636. The molecule has 0 aliphatic carbocycles. The van der Waals surface area contributed by atoms with Crippen molar-refractivity contribution in [1.82, 2.24) is 20.0 Å². The largest absolute Gasteiger partial charge is 0.444 e. The molecule has 2 heterocycles. The van der Waals surface area contributed by atoms with E-state index < -0.39 is 11.7 Å². The number of ether oxygens (including phenoxy) is 1. The topological polar surface area (TPSA) is 81.4 Å². The Balaban J connectivity index is 2.10. The molecule has 0 aromatic carbocycles. The molecule has 0 spiro atoms. The molecule has 2 aromatic heterocycles. The van der Waals surface area contributed by atoms with Crippen molar-refractivity contribution >= 4 is 17.4 Å². The lowest BCUT2D eigenvalue weighted by atomic mass is 10.2. The maximum absolute atomic E-state index is 11.5. The van der Waals surface area contributed by atoms with Gasteiger partial charge in [0.25, 0.3) is 0 Å². The number of carbonyl (C=O) groups is 1. The lowest BCUT2D eigenvalue weighted by Crippen LogP contribution is -2.27. The number of nitrogens with one attached hydrogen (secondary N) is 1. The van der Waals surface area contributed by atoms with Crippen molar-refractivity contribution in [3.63, 3.8) is 0 Å². The fourth-order valence-electron chi connectivity index (χ4n) is 1.24.